The zero-order valence-electron chi connectivity index (χ0n) is 13.9. The van der Waals surface area contributed by atoms with Crippen LogP contribution in [0.2, 0.25) is 10.0 Å². The van der Waals surface area contributed by atoms with Gasteiger partial charge in [-0.2, -0.15) is 0 Å². The number of rotatable bonds is 6. The van der Waals surface area contributed by atoms with Gasteiger partial charge in [-0.15, -0.1) is 10.2 Å². The second-order valence-electron chi connectivity index (χ2n) is 5.46. The Bertz CT molecular complexity index is 881. The predicted molar refractivity (Wildman–Crippen MR) is 106 cm³/mol. The van der Waals surface area contributed by atoms with E-state index in [1.165, 1.54) is 11.8 Å². The topological polar surface area (TPSA) is 59.8 Å². The van der Waals surface area contributed by atoms with Crippen molar-refractivity contribution in [2.24, 2.45) is 0 Å². The van der Waals surface area contributed by atoms with E-state index in [1.54, 1.807) is 24.5 Å². The number of anilines is 1. The van der Waals surface area contributed by atoms with Crippen molar-refractivity contribution in [2.75, 3.05) is 5.32 Å². The van der Waals surface area contributed by atoms with Gasteiger partial charge in [-0.3, -0.25) is 4.79 Å². The van der Waals surface area contributed by atoms with Crippen LogP contribution in [0.5, 0.6) is 0 Å². The van der Waals surface area contributed by atoms with Gasteiger partial charge in [-0.1, -0.05) is 65.3 Å². The summed E-state index contributed by atoms with van der Waals surface area (Å²) < 4.78 is 1.89. The van der Waals surface area contributed by atoms with Crippen molar-refractivity contribution in [1.82, 2.24) is 14.8 Å². The van der Waals surface area contributed by atoms with Crippen molar-refractivity contribution in [3.05, 3.63) is 70.5 Å². The van der Waals surface area contributed by atoms with E-state index in [9.17, 15) is 4.79 Å². The number of thioether (sulfide) groups is 1. The highest BCUT2D eigenvalue weighted by Gasteiger charge is 2.24. The Morgan fingerprint density at radius 2 is 1.88 bits per heavy atom. The van der Waals surface area contributed by atoms with Gasteiger partial charge in [0.15, 0.2) is 5.16 Å². The fourth-order valence-corrected chi connectivity index (χ4v) is 3.99. The van der Waals surface area contributed by atoms with Crippen molar-refractivity contribution in [3.8, 4) is 0 Å². The predicted octanol–water partition coefficient (Wildman–Crippen LogP) is 5.08. The van der Waals surface area contributed by atoms with E-state index in [0.717, 1.165) is 12.1 Å². The van der Waals surface area contributed by atoms with Crippen molar-refractivity contribution in [2.45, 2.75) is 23.9 Å². The molecule has 134 valence electrons. The Balaban J connectivity index is 1.88. The van der Waals surface area contributed by atoms with Gasteiger partial charge in [-0.25, -0.2) is 0 Å². The van der Waals surface area contributed by atoms with Crippen LogP contribution in [0, 0.1) is 0 Å². The Hall–Kier alpha value is -2.02. The van der Waals surface area contributed by atoms with Gasteiger partial charge in [0, 0.05) is 22.3 Å². The molecule has 0 radical (unpaired) electrons. The van der Waals surface area contributed by atoms with E-state index < -0.39 is 5.25 Å². The van der Waals surface area contributed by atoms with E-state index in [0.29, 0.717) is 20.9 Å². The normalized spacial score (nSPS) is 12.0. The molecule has 8 heteroatoms. The highest BCUT2D eigenvalue weighted by Crippen LogP contribution is 2.35. The molecule has 1 N–H and O–H groups in total. The molecular weight excluding hydrogens is 391 g/mol. The maximum atomic E-state index is 13.0. The van der Waals surface area contributed by atoms with Crippen LogP contribution in [0.3, 0.4) is 0 Å². The lowest BCUT2D eigenvalue weighted by Crippen LogP contribution is -2.19. The standard InChI is InChI=1S/C18H16Cl2N4OS/c1-2-24-11-21-23-18(24)26-16(12-6-4-3-5-7-12)17(25)22-15-9-13(19)8-14(20)10-15/h3-11,16H,2H2,1H3,(H,22,25)/t16-/m0/s1. The lowest BCUT2D eigenvalue weighted by molar-refractivity contribution is -0.115. The van der Waals surface area contributed by atoms with Crippen LogP contribution in [0.1, 0.15) is 17.7 Å². The number of carbonyl (C=O) groups is 1. The molecule has 0 saturated carbocycles. The summed E-state index contributed by atoms with van der Waals surface area (Å²) >= 11 is 13.4. The fourth-order valence-electron chi connectivity index (χ4n) is 2.39. The van der Waals surface area contributed by atoms with Gasteiger partial charge in [-0.05, 0) is 30.7 Å². The van der Waals surface area contributed by atoms with Crippen LogP contribution in [0.4, 0.5) is 5.69 Å². The molecule has 0 aliphatic carbocycles. The maximum Gasteiger partial charge on any atom is 0.242 e. The Morgan fingerprint density at radius 3 is 2.54 bits per heavy atom. The minimum Gasteiger partial charge on any atom is -0.325 e. The smallest absolute Gasteiger partial charge is 0.242 e. The van der Waals surface area contributed by atoms with E-state index in [1.807, 2.05) is 41.8 Å². The average molecular weight is 407 g/mol. The molecule has 1 amide bonds. The molecule has 1 atom stereocenters. The number of carbonyl (C=O) groups excluding carboxylic acids is 1. The van der Waals surface area contributed by atoms with Gasteiger partial charge in [0.05, 0.1) is 0 Å². The van der Waals surface area contributed by atoms with Crippen molar-refractivity contribution in [3.63, 3.8) is 0 Å². The summed E-state index contributed by atoms with van der Waals surface area (Å²) in [7, 11) is 0. The van der Waals surface area contributed by atoms with Crippen molar-refractivity contribution < 1.29 is 4.79 Å². The molecule has 0 aliphatic rings. The molecule has 1 aromatic heterocycles. The number of benzene rings is 2. The molecule has 0 bridgehead atoms. The molecule has 0 spiro atoms. The molecule has 26 heavy (non-hydrogen) atoms. The molecular formula is C18H16Cl2N4OS. The zero-order chi connectivity index (χ0) is 18.5. The van der Waals surface area contributed by atoms with Gasteiger partial charge < -0.3 is 9.88 Å². The zero-order valence-corrected chi connectivity index (χ0v) is 16.2. The molecule has 2 aromatic carbocycles. The Labute approximate surface area is 165 Å². The Morgan fingerprint density at radius 1 is 1.19 bits per heavy atom. The number of amides is 1. The lowest BCUT2D eigenvalue weighted by atomic mass is 10.1. The Kier molecular flexibility index (Phi) is 6.19. The van der Waals surface area contributed by atoms with Crippen molar-refractivity contribution in [1.29, 1.82) is 0 Å². The average Bonchev–Trinajstić information content (AvgIpc) is 3.06. The largest absolute Gasteiger partial charge is 0.325 e. The summed E-state index contributed by atoms with van der Waals surface area (Å²) in [5.74, 6) is -0.190. The van der Waals surface area contributed by atoms with Crippen LogP contribution in [0.15, 0.2) is 60.0 Å². The second-order valence-corrected chi connectivity index (χ2v) is 7.40. The van der Waals surface area contributed by atoms with E-state index in [2.05, 4.69) is 15.5 Å². The quantitative estimate of drug-likeness (QED) is 0.579. The summed E-state index contributed by atoms with van der Waals surface area (Å²) in [5.41, 5.74) is 1.42. The monoisotopic (exact) mass is 406 g/mol. The minimum atomic E-state index is -0.497. The molecule has 0 saturated heterocycles. The number of nitrogens with one attached hydrogen (secondary N) is 1. The van der Waals surface area contributed by atoms with Gasteiger partial charge in [0.1, 0.15) is 11.6 Å². The van der Waals surface area contributed by atoms with Crippen LogP contribution >= 0.6 is 35.0 Å². The van der Waals surface area contributed by atoms with Crippen LogP contribution in [-0.2, 0) is 11.3 Å². The second kappa shape index (κ2) is 8.58. The van der Waals surface area contributed by atoms with Crippen LogP contribution < -0.4 is 5.32 Å². The third-order valence-electron chi connectivity index (χ3n) is 3.61. The van der Waals surface area contributed by atoms with Crippen LogP contribution in [0.25, 0.3) is 0 Å². The summed E-state index contributed by atoms with van der Waals surface area (Å²) in [6, 6.07) is 14.5. The van der Waals surface area contributed by atoms with Gasteiger partial charge in [0.2, 0.25) is 5.91 Å². The molecule has 5 nitrogen and oxygen atoms in total. The summed E-state index contributed by atoms with van der Waals surface area (Å²) in [6.07, 6.45) is 1.65. The first-order chi connectivity index (χ1) is 12.6. The fraction of sp³-hybridized carbons (Fsp3) is 0.167. The first-order valence-corrected chi connectivity index (χ1v) is 9.56. The van der Waals surface area contributed by atoms with E-state index in [4.69, 9.17) is 23.2 Å². The third kappa shape index (κ3) is 4.58. The molecule has 1 heterocycles. The van der Waals surface area contributed by atoms with E-state index in [-0.39, 0.29) is 5.91 Å². The first-order valence-electron chi connectivity index (χ1n) is 7.93. The number of nitrogens with zero attached hydrogens (tertiary/aromatic N) is 3. The van der Waals surface area contributed by atoms with Gasteiger partial charge in [0.25, 0.3) is 0 Å². The molecule has 0 unspecified atom stereocenters. The molecule has 3 rings (SSSR count). The SMILES string of the molecule is CCn1cnnc1S[C@H](C(=O)Nc1cc(Cl)cc(Cl)c1)c1ccccc1. The number of aryl methyl sites for hydroxylation is 1. The number of halogens is 2. The number of hydrogen-bond acceptors (Lipinski definition) is 4. The summed E-state index contributed by atoms with van der Waals surface area (Å²) in [6.45, 7) is 2.72. The molecule has 0 fully saturated rings. The van der Waals surface area contributed by atoms with Crippen molar-refractivity contribution >= 4 is 46.6 Å². The number of hydrogen-bond donors (Lipinski definition) is 1. The highest BCUT2D eigenvalue weighted by molar-refractivity contribution is 8.00. The molecule has 3 aromatic rings. The van der Waals surface area contributed by atoms with E-state index >= 15 is 0 Å². The third-order valence-corrected chi connectivity index (χ3v) is 5.30. The lowest BCUT2D eigenvalue weighted by Gasteiger charge is -2.17. The highest BCUT2D eigenvalue weighted by atomic mass is 35.5. The summed E-state index contributed by atoms with van der Waals surface area (Å²) in [4.78, 5) is 13.0. The molecule has 0 aliphatic heterocycles. The maximum absolute atomic E-state index is 13.0. The van der Waals surface area contributed by atoms with Gasteiger partial charge >= 0.3 is 0 Å². The minimum absolute atomic E-state index is 0.190. The summed E-state index contributed by atoms with van der Waals surface area (Å²) in [5, 5.41) is 12.0. The van der Waals surface area contributed by atoms with Crippen LogP contribution in [-0.4, -0.2) is 20.7 Å². The number of aromatic nitrogens is 3. The first kappa shape index (κ1) is 18.8.